The van der Waals surface area contributed by atoms with Gasteiger partial charge in [-0.1, -0.05) is 0 Å². The molecule has 1 aromatic heterocycles. The van der Waals surface area contributed by atoms with E-state index in [4.69, 9.17) is 4.74 Å². The zero-order valence-electron chi connectivity index (χ0n) is 9.72. The van der Waals surface area contributed by atoms with Crippen LogP contribution in [0, 0.1) is 0 Å². The average Bonchev–Trinajstić information content (AvgIpc) is 2.74. The molecule has 0 radical (unpaired) electrons. The lowest BCUT2D eigenvalue weighted by molar-refractivity contribution is 0.0977. The van der Waals surface area contributed by atoms with Gasteiger partial charge in [-0.05, 0) is 18.2 Å². The third kappa shape index (κ3) is 1.22. The molecule has 0 spiro atoms. The first-order chi connectivity index (χ1) is 8.45. The largest absolute Gasteiger partial charge is 0.497 e. The number of nitrogens with one attached hydrogen (secondary N) is 1. The normalized spacial score (nSPS) is 16.7. The number of rotatable bonds is 1. The van der Waals surface area contributed by atoms with Crippen molar-refractivity contribution in [3.8, 4) is 5.75 Å². The summed E-state index contributed by atoms with van der Waals surface area (Å²) in [6.07, 6.45) is 0. The molecule has 0 unspecified atom stereocenters. The Hall–Kier alpha value is -2.02. The molecular formula is C11H10N2O4S. The van der Waals surface area contributed by atoms with Crippen molar-refractivity contribution in [3.05, 3.63) is 23.9 Å². The van der Waals surface area contributed by atoms with Crippen LogP contribution in [0.15, 0.2) is 23.1 Å². The van der Waals surface area contributed by atoms with Crippen LogP contribution in [0.1, 0.15) is 10.5 Å². The zero-order chi connectivity index (χ0) is 13.1. The third-order valence-corrected chi connectivity index (χ3v) is 4.48. The lowest BCUT2D eigenvalue weighted by Gasteiger charge is -2.03. The number of fused-ring (bicyclic) bond motifs is 3. The summed E-state index contributed by atoms with van der Waals surface area (Å²) in [5, 5.41) is 0.491. The molecule has 0 saturated heterocycles. The molecule has 0 atom stereocenters. The second kappa shape index (κ2) is 3.26. The molecule has 1 aliphatic heterocycles. The Morgan fingerprint density at radius 1 is 1.33 bits per heavy atom. The van der Waals surface area contributed by atoms with E-state index in [0.29, 0.717) is 16.7 Å². The van der Waals surface area contributed by atoms with Crippen molar-refractivity contribution in [3.63, 3.8) is 0 Å². The smallest absolute Gasteiger partial charge is 0.283 e. The van der Waals surface area contributed by atoms with Crippen LogP contribution in [0.4, 0.5) is 0 Å². The van der Waals surface area contributed by atoms with Crippen molar-refractivity contribution in [1.29, 1.82) is 0 Å². The maximum Gasteiger partial charge on any atom is 0.283 e. The van der Waals surface area contributed by atoms with Crippen LogP contribution < -0.4 is 9.46 Å². The Balaban J connectivity index is 2.52. The maximum atomic E-state index is 11.9. The van der Waals surface area contributed by atoms with E-state index in [-0.39, 0.29) is 10.6 Å². The van der Waals surface area contributed by atoms with Crippen molar-refractivity contribution in [1.82, 2.24) is 9.29 Å². The van der Waals surface area contributed by atoms with E-state index in [9.17, 15) is 13.2 Å². The summed E-state index contributed by atoms with van der Waals surface area (Å²) in [4.78, 5) is 11.7. The highest BCUT2D eigenvalue weighted by Gasteiger charge is 2.38. The third-order valence-electron chi connectivity index (χ3n) is 3.07. The standard InChI is InChI=1S/C11H10N2O4S/c1-13-8-4-3-6(17-2)5-7(8)10-9(13)11(14)12-18(10,15)16/h3-5H,1-2H3,(H,12,14). The van der Waals surface area contributed by atoms with Gasteiger partial charge in [0.2, 0.25) is 0 Å². The maximum absolute atomic E-state index is 11.9. The summed E-state index contributed by atoms with van der Waals surface area (Å²) in [5.74, 6) is -0.0480. The van der Waals surface area contributed by atoms with Crippen LogP contribution in [-0.4, -0.2) is 26.0 Å². The number of nitrogens with zero attached hydrogens (tertiary/aromatic N) is 1. The number of carbonyl (C=O) groups excluding carboxylic acids is 1. The molecule has 1 aliphatic rings. The van der Waals surface area contributed by atoms with Crippen molar-refractivity contribution in [2.75, 3.05) is 7.11 Å². The Morgan fingerprint density at radius 3 is 2.72 bits per heavy atom. The molecule has 1 aromatic carbocycles. The predicted octanol–water partition coefficient (Wildman–Crippen LogP) is 0.619. The number of carbonyl (C=O) groups is 1. The van der Waals surface area contributed by atoms with Crippen molar-refractivity contribution >= 4 is 26.8 Å². The van der Waals surface area contributed by atoms with Crippen LogP contribution >= 0.6 is 0 Å². The molecule has 1 amide bonds. The van der Waals surface area contributed by atoms with E-state index >= 15 is 0 Å². The number of amides is 1. The minimum Gasteiger partial charge on any atom is -0.497 e. The van der Waals surface area contributed by atoms with Crippen LogP contribution in [0.2, 0.25) is 0 Å². The summed E-state index contributed by atoms with van der Waals surface area (Å²) < 4.78 is 32.4. The van der Waals surface area contributed by atoms with Crippen LogP contribution in [0.25, 0.3) is 10.9 Å². The molecule has 2 heterocycles. The molecule has 0 saturated carbocycles. The summed E-state index contributed by atoms with van der Waals surface area (Å²) in [5.41, 5.74) is 0.845. The van der Waals surface area contributed by atoms with Crippen molar-refractivity contribution < 1.29 is 17.9 Å². The molecule has 3 rings (SSSR count). The molecule has 0 fully saturated rings. The van der Waals surface area contributed by atoms with E-state index in [2.05, 4.69) is 0 Å². The summed E-state index contributed by atoms with van der Waals surface area (Å²) in [6, 6.07) is 5.07. The van der Waals surface area contributed by atoms with Gasteiger partial charge in [-0.15, -0.1) is 0 Å². The summed E-state index contributed by atoms with van der Waals surface area (Å²) >= 11 is 0. The fourth-order valence-electron chi connectivity index (χ4n) is 2.27. The monoisotopic (exact) mass is 266 g/mol. The summed E-state index contributed by atoms with van der Waals surface area (Å²) in [6.45, 7) is 0. The number of hydrogen-bond donors (Lipinski definition) is 1. The van der Waals surface area contributed by atoms with Crippen molar-refractivity contribution in [2.45, 2.75) is 4.90 Å². The average molecular weight is 266 g/mol. The Kier molecular flexibility index (Phi) is 2.01. The molecule has 6 nitrogen and oxygen atoms in total. The molecular weight excluding hydrogens is 256 g/mol. The number of methoxy groups -OCH3 is 1. The van der Waals surface area contributed by atoms with Gasteiger partial charge in [0.15, 0.2) is 0 Å². The predicted molar refractivity (Wildman–Crippen MR) is 64.1 cm³/mol. The number of aromatic nitrogens is 1. The Morgan fingerprint density at radius 2 is 2.06 bits per heavy atom. The highest BCUT2D eigenvalue weighted by Crippen LogP contribution is 2.35. The van der Waals surface area contributed by atoms with Gasteiger partial charge in [-0.3, -0.25) is 4.79 Å². The van der Waals surface area contributed by atoms with E-state index in [0.717, 1.165) is 0 Å². The van der Waals surface area contributed by atoms with E-state index in [1.165, 1.54) is 7.11 Å². The molecule has 0 bridgehead atoms. The molecule has 94 valence electrons. The van der Waals surface area contributed by atoms with Gasteiger partial charge in [0.05, 0.1) is 12.6 Å². The van der Waals surface area contributed by atoms with Gasteiger partial charge in [-0.25, -0.2) is 13.1 Å². The molecule has 7 heteroatoms. The zero-order valence-corrected chi connectivity index (χ0v) is 10.5. The van der Waals surface area contributed by atoms with Crippen LogP contribution in [0.3, 0.4) is 0 Å². The molecule has 1 N–H and O–H groups in total. The van der Waals surface area contributed by atoms with E-state index < -0.39 is 15.9 Å². The fourth-order valence-corrected chi connectivity index (χ4v) is 3.65. The highest BCUT2D eigenvalue weighted by atomic mass is 32.2. The van der Waals surface area contributed by atoms with Gasteiger partial charge < -0.3 is 9.30 Å². The van der Waals surface area contributed by atoms with E-state index in [1.807, 2.05) is 4.72 Å². The second-order valence-electron chi connectivity index (χ2n) is 4.05. The van der Waals surface area contributed by atoms with Crippen LogP contribution in [-0.2, 0) is 17.1 Å². The number of sulfonamides is 1. The Labute approximate surface area is 103 Å². The number of benzene rings is 1. The summed E-state index contributed by atoms with van der Waals surface area (Å²) in [7, 11) is -0.598. The first-order valence-electron chi connectivity index (χ1n) is 5.19. The number of aryl methyl sites for hydroxylation is 1. The first-order valence-corrected chi connectivity index (χ1v) is 6.67. The van der Waals surface area contributed by atoms with Gasteiger partial charge >= 0.3 is 0 Å². The highest BCUT2D eigenvalue weighted by molar-refractivity contribution is 7.91. The topological polar surface area (TPSA) is 77.4 Å². The van der Waals surface area contributed by atoms with Gasteiger partial charge in [0.25, 0.3) is 15.9 Å². The Bertz CT molecular complexity index is 789. The van der Waals surface area contributed by atoms with Gasteiger partial charge in [0.1, 0.15) is 16.3 Å². The first kappa shape index (κ1) is 11.1. The minimum atomic E-state index is -3.76. The van der Waals surface area contributed by atoms with Crippen LogP contribution in [0.5, 0.6) is 5.75 Å². The fraction of sp³-hybridized carbons (Fsp3) is 0.182. The SMILES string of the molecule is COc1ccc2c(c1)c1c(n2C)C(=O)NS1(=O)=O. The second-order valence-corrected chi connectivity index (χ2v) is 5.67. The molecule has 2 aromatic rings. The van der Waals surface area contributed by atoms with Gasteiger partial charge in [0, 0.05) is 12.4 Å². The lowest BCUT2D eigenvalue weighted by Crippen LogP contribution is -2.22. The molecule has 18 heavy (non-hydrogen) atoms. The van der Waals surface area contributed by atoms with Crippen molar-refractivity contribution in [2.24, 2.45) is 7.05 Å². The minimum absolute atomic E-state index is 0.0314. The number of ether oxygens (including phenoxy) is 1. The number of hydrogen-bond acceptors (Lipinski definition) is 4. The quantitative estimate of drug-likeness (QED) is 0.820. The van der Waals surface area contributed by atoms with Gasteiger partial charge in [-0.2, -0.15) is 0 Å². The molecule has 0 aliphatic carbocycles. The van der Waals surface area contributed by atoms with E-state index in [1.54, 1.807) is 29.8 Å². The lowest BCUT2D eigenvalue weighted by atomic mass is 10.2.